The molecule has 240 valence electrons. The minimum atomic E-state index is -2.17. The standard InChI is InChI=1S/C38H64O2Si3/c1-17-34(41(11,12)31-24-19-18-20-25-31)35-32(29-39-42(13,14)36(4,5)6)33(40-43(15,16)37(7,8)9)26-28-38(35,10)27-22-21-23-30(2)3/h18-20,24-25,30,33H,1,22,26-29H2,2-16H3/t33-,38?/m0/s1. The Morgan fingerprint density at radius 3 is 2.00 bits per heavy atom. The minimum absolute atomic E-state index is 0.0411. The summed E-state index contributed by atoms with van der Waals surface area (Å²) >= 11 is 0. The van der Waals surface area contributed by atoms with Crippen molar-refractivity contribution < 1.29 is 8.85 Å². The van der Waals surface area contributed by atoms with Gasteiger partial charge in [-0.15, -0.1) is 17.6 Å². The zero-order valence-electron chi connectivity index (χ0n) is 30.6. The van der Waals surface area contributed by atoms with Crippen LogP contribution in [-0.4, -0.2) is 37.4 Å². The van der Waals surface area contributed by atoms with E-state index in [1.807, 2.05) is 0 Å². The predicted molar refractivity (Wildman–Crippen MR) is 198 cm³/mol. The highest BCUT2D eigenvalue weighted by Gasteiger charge is 2.48. The molecule has 5 heteroatoms. The van der Waals surface area contributed by atoms with E-state index in [-0.39, 0.29) is 21.6 Å². The molecule has 1 unspecified atom stereocenters. The summed E-state index contributed by atoms with van der Waals surface area (Å²) in [6.07, 6.45) is 4.03. The largest absolute Gasteiger partial charge is 0.413 e. The molecule has 0 spiro atoms. The Kier molecular flexibility index (Phi) is 12.3. The Labute approximate surface area is 270 Å². The van der Waals surface area contributed by atoms with Crippen molar-refractivity contribution >= 4 is 29.9 Å². The van der Waals surface area contributed by atoms with Gasteiger partial charge in [0, 0.05) is 12.3 Å². The van der Waals surface area contributed by atoms with Crippen LogP contribution in [0.1, 0.15) is 88.0 Å². The maximum Gasteiger partial charge on any atom is 0.192 e. The van der Waals surface area contributed by atoms with E-state index in [0.717, 1.165) is 25.7 Å². The average molecular weight is 637 g/mol. The highest BCUT2D eigenvalue weighted by Crippen LogP contribution is 2.51. The lowest BCUT2D eigenvalue weighted by atomic mass is 9.67. The van der Waals surface area contributed by atoms with E-state index in [4.69, 9.17) is 8.85 Å². The first kappa shape index (κ1) is 37.8. The number of rotatable bonds is 10. The molecule has 0 N–H and O–H groups in total. The first-order valence-electron chi connectivity index (χ1n) is 16.5. The quantitative estimate of drug-likeness (QED) is 0.144. The third-order valence-electron chi connectivity index (χ3n) is 10.6. The molecule has 1 aliphatic rings. The lowest BCUT2D eigenvalue weighted by Gasteiger charge is -2.48. The molecule has 0 saturated carbocycles. The van der Waals surface area contributed by atoms with Crippen LogP contribution in [-0.2, 0) is 8.85 Å². The van der Waals surface area contributed by atoms with E-state index < -0.39 is 24.7 Å². The number of hydrogen-bond donors (Lipinski definition) is 0. The topological polar surface area (TPSA) is 18.5 Å². The summed E-state index contributed by atoms with van der Waals surface area (Å²) in [5.74, 6) is 7.31. The van der Waals surface area contributed by atoms with Crippen molar-refractivity contribution in [2.45, 2.75) is 143 Å². The van der Waals surface area contributed by atoms with Crippen LogP contribution in [0.5, 0.6) is 0 Å². The molecular weight excluding hydrogens is 573 g/mol. The van der Waals surface area contributed by atoms with Gasteiger partial charge in [-0.3, -0.25) is 0 Å². The van der Waals surface area contributed by atoms with Crippen LogP contribution in [0.3, 0.4) is 0 Å². The second-order valence-electron chi connectivity index (χ2n) is 16.9. The van der Waals surface area contributed by atoms with E-state index in [2.05, 4.69) is 156 Å². The second kappa shape index (κ2) is 13.9. The second-order valence-corrected chi connectivity index (χ2v) is 30.8. The van der Waals surface area contributed by atoms with Gasteiger partial charge in [0.15, 0.2) is 16.6 Å². The van der Waals surface area contributed by atoms with Crippen LogP contribution in [0.15, 0.2) is 59.0 Å². The molecule has 2 nitrogen and oxygen atoms in total. The molecule has 1 aromatic carbocycles. The number of allylic oxidation sites excluding steroid dienone is 2. The molecule has 2 rings (SSSR count). The highest BCUT2D eigenvalue weighted by molar-refractivity contribution is 6.96. The third-order valence-corrected chi connectivity index (χ3v) is 23.1. The molecule has 0 fully saturated rings. The first-order chi connectivity index (χ1) is 19.5. The van der Waals surface area contributed by atoms with Crippen molar-refractivity contribution in [2.24, 2.45) is 11.3 Å². The van der Waals surface area contributed by atoms with Gasteiger partial charge in [0.1, 0.15) is 8.07 Å². The highest BCUT2D eigenvalue weighted by atomic mass is 28.4. The van der Waals surface area contributed by atoms with E-state index >= 15 is 0 Å². The van der Waals surface area contributed by atoms with Crippen molar-refractivity contribution in [3.63, 3.8) is 0 Å². The van der Waals surface area contributed by atoms with Crippen molar-refractivity contribution in [1.82, 2.24) is 0 Å². The number of benzene rings is 1. The predicted octanol–water partition coefficient (Wildman–Crippen LogP) is 10.8. The van der Waals surface area contributed by atoms with Gasteiger partial charge in [-0.2, -0.15) is 0 Å². The van der Waals surface area contributed by atoms with Gasteiger partial charge in [0.25, 0.3) is 0 Å². The van der Waals surface area contributed by atoms with Crippen LogP contribution in [0.25, 0.3) is 0 Å². The molecule has 1 aromatic rings. The third kappa shape index (κ3) is 9.09. The lowest BCUT2D eigenvalue weighted by molar-refractivity contribution is 0.142. The molecule has 0 amide bonds. The van der Waals surface area contributed by atoms with E-state index in [9.17, 15) is 0 Å². The molecule has 0 aliphatic heterocycles. The average Bonchev–Trinajstić information content (AvgIpc) is 2.87. The molecule has 2 atom stereocenters. The van der Waals surface area contributed by atoms with Crippen molar-refractivity contribution in [2.75, 3.05) is 6.61 Å². The summed E-state index contributed by atoms with van der Waals surface area (Å²) in [5, 5.41) is 2.98. The zero-order chi connectivity index (χ0) is 33.1. The SMILES string of the molecule is C=C=C(C1=C(CO[Si](C)(C)C(C)(C)C)[C@@H](O[Si](C)(C)C(C)(C)C)CCC1(C)CCC#CC(C)C)[Si](C)(C)c1ccccc1. The molecule has 0 aromatic heterocycles. The van der Waals surface area contributed by atoms with Crippen LogP contribution in [0.2, 0.25) is 49.4 Å². The van der Waals surface area contributed by atoms with Gasteiger partial charge in [-0.25, -0.2) is 0 Å². The molecule has 0 heterocycles. The Balaban J connectivity index is 2.89. The summed E-state index contributed by atoms with van der Waals surface area (Å²) in [6.45, 7) is 40.3. The zero-order valence-corrected chi connectivity index (χ0v) is 33.6. The Hall–Kier alpha value is -1.39. The summed E-state index contributed by atoms with van der Waals surface area (Å²) in [5.41, 5.74) is 6.31. The van der Waals surface area contributed by atoms with Crippen LogP contribution >= 0.6 is 0 Å². The van der Waals surface area contributed by atoms with Crippen LogP contribution < -0.4 is 5.19 Å². The van der Waals surface area contributed by atoms with E-state index in [1.54, 1.807) is 0 Å². The van der Waals surface area contributed by atoms with Gasteiger partial charge >= 0.3 is 0 Å². The Morgan fingerprint density at radius 1 is 0.953 bits per heavy atom. The normalized spacial score (nSPS) is 20.5. The fourth-order valence-corrected chi connectivity index (χ4v) is 10.7. The molecule has 0 bridgehead atoms. The summed E-state index contributed by atoms with van der Waals surface area (Å²) in [4.78, 5) is 0. The van der Waals surface area contributed by atoms with Crippen molar-refractivity contribution in [3.05, 3.63) is 59.0 Å². The maximum atomic E-state index is 7.34. The Morgan fingerprint density at radius 2 is 1.51 bits per heavy atom. The fraction of sp³-hybridized carbons (Fsp3) is 0.658. The summed E-state index contributed by atoms with van der Waals surface area (Å²) in [6, 6.07) is 11.1. The van der Waals surface area contributed by atoms with Gasteiger partial charge in [-0.05, 0) is 77.3 Å². The van der Waals surface area contributed by atoms with Crippen LogP contribution in [0.4, 0.5) is 0 Å². The molecule has 43 heavy (non-hydrogen) atoms. The van der Waals surface area contributed by atoms with E-state index in [0.29, 0.717) is 12.5 Å². The van der Waals surface area contributed by atoms with Crippen molar-refractivity contribution in [3.8, 4) is 11.8 Å². The monoisotopic (exact) mass is 636 g/mol. The molecule has 0 saturated heterocycles. The van der Waals surface area contributed by atoms with Gasteiger partial charge in [0.05, 0.1) is 12.7 Å². The molecule has 1 aliphatic carbocycles. The number of hydrogen-bond acceptors (Lipinski definition) is 2. The van der Waals surface area contributed by atoms with Crippen molar-refractivity contribution in [1.29, 1.82) is 0 Å². The van der Waals surface area contributed by atoms with E-state index in [1.165, 1.54) is 21.5 Å². The fourth-order valence-electron chi connectivity index (χ4n) is 5.55. The maximum absolute atomic E-state index is 7.34. The minimum Gasteiger partial charge on any atom is -0.413 e. The smallest absolute Gasteiger partial charge is 0.192 e. The van der Waals surface area contributed by atoms with Gasteiger partial charge in [-0.1, -0.05) is 118 Å². The summed E-state index contributed by atoms with van der Waals surface area (Å²) < 4.78 is 14.4. The first-order valence-corrected chi connectivity index (χ1v) is 25.3. The molecule has 0 radical (unpaired) electrons. The van der Waals surface area contributed by atoms with Gasteiger partial charge in [0.2, 0.25) is 0 Å². The molecular formula is C38H64O2Si3. The van der Waals surface area contributed by atoms with Crippen LogP contribution in [0, 0.1) is 23.2 Å². The Bertz CT molecular complexity index is 1240. The lowest BCUT2D eigenvalue weighted by Crippen LogP contribution is -2.50. The van der Waals surface area contributed by atoms with Gasteiger partial charge < -0.3 is 8.85 Å². The summed E-state index contributed by atoms with van der Waals surface area (Å²) in [7, 11) is -6.25.